The summed E-state index contributed by atoms with van der Waals surface area (Å²) in [6, 6.07) is 5.16. The number of benzene rings is 1. The number of carbonyl (C=O) groups excluding carboxylic acids is 1. The van der Waals surface area contributed by atoms with Crippen LogP contribution in [0.5, 0.6) is 5.75 Å². The van der Waals surface area contributed by atoms with Crippen molar-refractivity contribution < 1.29 is 14.3 Å². The molecule has 1 fully saturated rings. The van der Waals surface area contributed by atoms with Crippen molar-refractivity contribution in [1.29, 1.82) is 0 Å². The Morgan fingerprint density at radius 2 is 2.00 bits per heavy atom. The van der Waals surface area contributed by atoms with Crippen LogP contribution in [0, 0.1) is 0 Å². The van der Waals surface area contributed by atoms with Crippen molar-refractivity contribution in [1.82, 2.24) is 5.32 Å². The Morgan fingerprint density at radius 3 is 2.64 bits per heavy atom. The average Bonchev–Trinajstić information content (AvgIpc) is 2.41. The van der Waals surface area contributed by atoms with Gasteiger partial charge < -0.3 is 14.8 Å². The number of ether oxygens (including phenoxy) is 2. The third kappa shape index (κ3) is 5.39. The topological polar surface area (TPSA) is 59.6 Å². The Kier molecular flexibility index (Phi) is 5.53. The van der Waals surface area contributed by atoms with Crippen LogP contribution in [0.1, 0.15) is 33.6 Å². The van der Waals surface area contributed by atoms with Gasteiger partial charge in [0.15, 0.2) is 0 Å². The van der Waals surface area contributed by atoms with Crippen molar-refractivity contribution in [2.24, 2.45) is 0 Å². The van der Waals surface area contributed by atoms with Gasteiger partial charge in [0.25, 0.3) is 0 Å². The maximum absolute atomic E-state index is 11.9. The smallest absolute Gasteiger partial charge is 0.412 e. The zero-order valence-corrected chi connectivity index (χ0v) is 14.0. The first-order chi connectivity index (χ1) is 10.3. The lowest BCUT2D eigenvalue weighted by Gasteiger charge is -2.25. The molecule has 0 unspecified atom stereocenters. The van der Waals surface area contributed by atoms with Crippen LogP contribution in [0.3, 0.4) is 0 Å². The minimum Gasteiger partial charge on any atom is -0.488 e. The Morgan fingerprint density at radius 1 is 1.32 bits per heavy atom. The highest BCUT2D eigenvalue weighted by atomic mass is 35.5. The first-order valence-corrected chi connectivity index (χ1v) is 7.88. The number of rotatable bonds is 3. The molecule has 0 aliphatic carbocycles. The zero-order valence-electron chi connectivity index (χ0n) is 13.2. The Labute approximate surface area is 136 Å². The summed E-state index contributed by atoms with van der Waals surface area (Å²) in [5.41, 5.74) is 0.0178. The standard InChI is InChI=1S/C16H23ClN2O3/c1-16(2,3)22-15(20)19-13-5-4-11(17)10-14(13)21-12-6-8-18-9-7-12/h4-5,10,12,18H,6-9H2,1-3H3,(H,19,20). The van der Waals surface area contributed by atoms with Crippen molar-refractivity contribution >= 4 is 23.4 Å². The molecule has 1 saturated heterocycles. The maximum atomic E-state index is 11.9. The molecule has 0 saturated carbocycles. The van der Waals surface area contributed by atoms with E-state index in [1.807, 2.05) is 20.8 Å². The monoisotopic (exact) mass is 326 g/mol. The summed E-state index contributed by atoms with van der Waals surface area (Å²) in [6.07, 6.45) is 1.47. The Hall–Kier alpha value is -1.46. The molecule has 1 aliphatic heterocycles. The van der Waals surface area contributed by atoms with E-state index in [9.17, 15) is 4.79 Å². The van der Waals surface area contributed by atoms with E-state index in [1.165, 1.54) is 0 Å². The molecule has 0 aromatic heterocycles. The number of hydrogen-bond acceptors (Lipinski definition) is 4. The SMILES string of the molecule is CC(C)(C)OC(=O)Nc1ccc(Cl)cc1OC1CCNCC1. The lowest BCUT2D eigenvalue weighted by Crippen LogP contribution is -2.34. The predicted octanol–water partition coefficient (Wildman–Crippen LogP) is 3.82. The number of nitrogens with one attached hydrogen (secondary N) is 2. The van der Waals surface area contributed by atoms with Gasteiger partial charge in [-0.2, -0.15) is 0 Å². The van der Waals surface area contributed by atoms with E-state index in [1.54, 1.807) is 18.2 Å². The summed E-state index contributed by atoms with van der Waals surface area (Å²) in [4.78, 5) is 11.9. The fourth-order valence-electron chi connectivity index (χ4n) is 2.20. The molecule has 0 radical (unpaired) electrons. The first-order valence-electron chi connectivity index (χ1n) is 7.50. The summed E-state index contributed by atoms with van der Waals surface area (Å²) >= 11 is 6.04. The van der Waals surface area contributed by atoms with Gasteiger partial charge in [-0.05, 0) is 58.8 Å². The van der Waals surface area contributed by atoms with E-state index in [4.69, 9.17) is 21.1 Å². The quantitative estimate of drug-likeness (QED) is 0.886. The van der Waals surface area contributed by atoms with Gasteiger partial charge in [-0.1, -0.05) is 11.6 Å². The van der Waals surface area contributed by atoms with E-state index < -0.39 is 11.7 Å². The van der Waals surface area contributed by atoms with E-state index in [0.717, 1.165) is 25.9 Å². The summed E-state index contributed by atoms with van der Waals surface area (Å²) in [5.74, 6) is 0.574. The molecule has 122 valence electrons. The van der Waals surface area contributed by atoms with Crippen molar-refractivity contribution in [3.63, 3.8) is 0 Å². The molecule has 5 nitrogen and oxygen atoms in total. The molecule has 0 spiro atoms. The minimum atomic E-state index is -0.549. The van der Waals surface area contributed by atoms with Crippen molar-refractivity contribution in [3.05, 3.63) is 23.2 Å². The van der Waals surface area contributed by atoms with Crippen LogP contribution in [0.4, 0.5) is 10.5 Å². The average molecular weight is 327 g/mol. The van der Waals surface area contributed by atoms with Crippen LogP contribution >= 0.6 is 11.6 Å². The molecule has 0 atom stereocenters. The van der Waals surface area contributed by atoms with E-state index in [2.05, 4.69) is 10.6 Å². The number of amides is 1. The van der Waals surface area contributed by atoms with Crippen molar-refractivity contribution in [2.45, 2.75) is 45.3 Å². The number of carbonyl (C=O) groups is 1. The molecular formula is C16H23ClN2O3. The van der Waals surface area contributed by atoms with Crippen LogP contribution < -0.4 is 15.4 Å². The van der Waals surface area contributed by atoms with Crippen molar-refractivity contribution in [2.75, 3.05) is 18.4 Å². The molecule has 1 heterocycles. The normalized spacial score (nSPS) is 16.2. The summed E-state index contributed by atoms with van der Waals surface area (Å²) in [6.45, 7) is 7.32. The number of hydrogen-bond donors (Lipinski definition) is 2. The van der Waals surface area contributed by atoms with E-state index in [0.29, 0.717) is 16.5 Å². The van der Waals surface area contributed by atoms with E-state index in [-0.39, 0.29) is 6.10 Å². The van der Waals surface area contributed by atoms with Crippen LogP contribution in [-0.4, -0.2) is 30.9 Å². The summed E-state index contributed by atoms with van der Waals surface area (Å²) in [7, 11) is 0. The number of piperidine rings is 1. The highest BCUT2D eigenvalue weighted by molar-refractivity contribution is 6.30. The predicted molar refractivity (Wildman–Crippen MR) is 87.8 cm³/mol. The van der Waals surface area contributed by atoms with Gasteiger partial charge in [-0.25, -0.2) is 4.79 Å². The van der Waals surface area contributed by atoms with Gasteiger partial charge in [-0.3, -0.25) is 5.32 Å². The molecular weight excluding hydrogens is 304 g/mol. The Bertz CT molecular complexity index is 523. The molecule has 22 heavy (non-hydrogen) atoms. The van der Waals surface area contributed by atoms with Gasteiger partial charge in [0, 0.05) is 11.1 Å². The molecule has 2 rings (SSSR count). The fraction of sp³-hybridized carbons (Fsp3) is 0.562. The second kappa shape index (κ2) is 7.20. The molecule has 1 aromatic carbocycles. The van der Waals surface area contributed by atoms with Gasteiger partial charge in [0.2, 0.25) is 0 Å². The maximum Gasteiger partial charge on any atom is 0.412 e. The van der Waals surface area contributed by atoms with Crippen molar-refractivity contribution in [3.8, 4) is 5.75 Å². The van der Waals surface area contributed by atoms with E-state index >= 15 is 0 Å². The summed E-state index contributed by atoms with van der Waals surface area (Å²) < 4.78 is 11.3. The molecule has 6 heteroatoms. The number of anilines is 1. The molecule has 1 amide bonds. The van der Waals surface area contributed by atoms with Gasteiger partial charge in [0.05, 0.1) is 5.69 Å². The highest BCUT2D eigenvalue weighted by Gasteiger charge is 2.20. The molecule has 1 aromatic rings. The second-order valence-corrected chi connectivity index (χ2v) is 6.77. The van der Waals surface area contributed by atoms with Gasteiger partial charge in [0.1, 0.15) is 17.5 Å². The number of halogens is 1. The lowest BCUT2D eigenvalue weighted by molar-refractivity contribution is 0.0634. The third-order valence-electron chi connectivity index (χ3n) is 3.16. The highest BCUT2D eigenvalue weighted by Crippen LogP contribution is 2.30. The molecule has 0 bridgehead atoms. The van der Waals surface area contributed by atoms with Gasteiger partial charge >= 0.3 is 6.09 Å². The molecule has 1 aliphatic rings. The summed E-state index contributed by atoms with van der Waals surface area (Å²) in [5, 5.41) is 6.58. The fourth-order valence-corrected chi connectivity index (χ4v) is 2.37. The molecule has 2 N–H and O–H groups in total. The van der Waals surface area contributed by atoms with Crippen LogP contribution in [-0.2, 0) is 4.74 Å². The Balaban J connectivity index is 2.08. The second-order valence-electron chi connectivity index (χ2n) is 6.33. The van der Waals surface area contributed by atoms with Crippen LogP contribution in [0.25, 0.3) is 0 Å². The largest absolute Gasteiger partial charge is 0.488 e. The van der Waals surface area contributed by atoms with Crippen LogP contribution in [0.15, 0.2) is 18.2 Å². The van der Waals surface area contributed by atoms with Gasteiger partial charge in [-0.15, -0.1) is 0 Å². The first kappa shape index (κ1) is 16.9. The lowest BCUT2D eigenvalue weighted by atomic mass is 10.1. The minimum absolute atomic E-state index is 0.124. The third-order valence-corrected chi connectivity index (χ3v) is 3.39. The zero-order chi connectivity index (χ0) is 16.2. The van der Waals surface area contributed by atoms with Crippen LogP contribution in [0.2, 0.25) is 5.02 Å².